The van der Waals surface area contributed by atoms with Gasteiger partial charge in [-0.05, 0) is 25.7 Å². The van der Waals surface area contributed by atoms with E-state index in [-0.39, 0.29) is 4.75 Å². The van der Waals surface area contributed by atoms with Crippen molar-refractivity contribution in [3.63, 3.8) is 0 Å². The van der Waals surface area contributed by atoms with Gasteiger partial charge in [-0.2, -0.15) is 5.26 Å². The van der Waals surface area contributed by atoms with E-state index in [4.69, 9.17) is 0 Å². The van der Waals surface area contributed by atoms with Gasteiger partial charge < -0.3 is 0 Å². The van der Waals surface area contributed by atoms with Crippen LogP contribution in [0.25, 0.3) is 0 Å². The second kappa shape index (κ2) is 5.25. The molecule has 0 aromatic heterocycles. The Morgan fingerprint density at radius 1 is 0.933 bits per heavy atom. The highest BCUT2D eigenvalue weighted by Gasteiger charge is 2.35. The maximum absolute atomic E-state index is 9.46. The Labute approximate surface area is 97.6 Å². The van der Waals surface area contributed by atoms with Gasteiger partial charge in [-0.1, -0.05) is 38.5 Å². The summed E-state index contributed by atoms with van der Waals surface area (Å²) in [6.07, 6.45) is 13.0. The first-order valence-corrected chi connectivity index (χ1v) is 7.32. The molecule has 2 saturated carbocycles. The number of hydrogen-bond acceptors (Lipinski definition) is 2. The van der Waals surface area contributed by atoms with Crippen LogP contribution < -0.4 is 0 Å². The van der Waals surface area contributed by atoms with Gasteiger partial charge in [0, 0.05) is 5.25 Å². The summed E-state index contributed by atoms with van der Waals surface area (Å²) < 4.78 is -0.00843. The zero-order valence-corrected chi connectivity index (χ0v) is 10.3. The van der Waals surface area contributed by atoms with Crippen LogP contribution in [-0.2, 0) is 0 Å². The molecule has 0 aromatic carbocycles. The average Bonchev–Trinajstić information content (AvgIpc) is 2.64. The molecule has 0 saturated heterocycles. The van der Waals surface area contributed by atoms with Crippen molar-refractivity contribution in [1.82, 2.24) is 0 Å². The lowest BCUT2D eigenvalue weighted by Crippen LogP contribution is -2.24. The van der Waals surface area contributed by atoms with Crippen molar-refractivity contribution < 1.29 is 0 Å². The molecule has 0 unspecified atom stereocenters. The van der Waals surface area contributed by atoms with Gasteiger partial charge in [0.2, 0.25) is 0 Å². The summed E-state index contributed by atoms with van der Waals surface area (Å²) in [5.41, 5.74) is 0. The molecule has 0 atom stereocenters. The molecule has 0 radical (unpaired) electrons. The Bertz CT molecular complexity index is 229. The predicted octanol–water partition coefficient (Wildman–Crippen LogP) is 4.28. The standard InChI is InChI=1S/C13H21NS/c14-11-13(9-5-1-2-6-10-13)15-12-7-3-4-8-12/h12H,1-10H2. The molecule has 0 heterocycles. The molecule has 0 spiro atoms. The smallest absolute Gasteiger partial charge is 0.103 e. The summed E-state index contributed by atoms with van der Waals surface area (Å²) in [6.45, 7) is 0. The quantitative estimate of drug-likeness (QED) is 0.652. The third kappa shape index (κ3) is 2.91. The van der Waals surface area contributed by atoms with Crippen LogP contribution in [-0.4, -0.2) is 10.00 Å². The number of nitriles is 1. The fourth-order valence-corrected chi connectivity index (χ4v) is 4.67. The van der Waals surface area contributed by atoms with E-state index < -0.39 is 0 Å². The molecule has 0 aliphatic heterocycles. The Kier molecular flexibility index (Phi) is 3.97. The van der Waals surface area contributed by atoms with E-state index in [1.807, 2.05) is 11.8 Å². The van der Waals surface area contributed by atoms with E-state index in [1.54, 1.807) is 0 Å². The van der Waals surface area contributed by atoms with Gasteiger partial charge in [0.05, 0.1) is 6.07 Å². The molecule has 0 bridgehead atoms. The summed E-state index contributed by atoms with van der Waals surface area (Å²) in [7, 11) is 0. The maximum Gasteiger partial charge on any atom is 0.103 e. The normalized spacial score (nSPS) is 27.1. The van der Waals surface area contributed by atoms with Gasteiger partial charge in [0.15, 0.2) is 0 Å². The number of thioether (sulfide) groups is 1. The highest BCUT2D eigenvalue weighted by molar-refractivity contribution is 8.01. The zero-order chi connectivity index (χ0) is 10.6. The molecule has 84 valence electrons. The minimum Gasteiger partial charge on any atom is -0.197 e. The van der Waals surface area contributed by atoms with Crippen molar-refractivity contribution in [2.75, 3.05) is 0 Å². The van der Waals surface area contributed by atoms with Gasteiger partial charge in [-0.25, -0.2) is 0 Å². The van der Waals surface area contributed by atoms with Crippen molar-refractivity contribution in [3.8, 4) is 6.07 Å². The van der Waals surface area contributed by atoms with E-state index in [2.05, 4.69) is 6.07 Å². The van der Waals surface area contributed by atoms with Gasteiger partial charge in [-0.3, -0.25) is 0 Å². The van der Waals surface area contributed by atoms with E-state index >= 15 is 0 Å². The van der Waals surface area contributed by atoms with Crippen LogP contribution in [0.15, 0.2) is 0 Å². The fraction of sp³-hybridized carbons (Fsp3) is 0.923. The van der Waals surface area contributed by atoms with Crippen molar-refractivity contribution in [3.05, 3.63) is 0 Å². The lowest BCUT2D eigenvalue weighted by Gasteiger charge is -2.27. The molecule has 15 heavy (non-hydrogen) atoms. The second-order valence-corrected chi connectivity index (χ2v) is 6.73. The summed E-state index contributed by atoms with van der Waals surface area (Å²) in [4.78, 5) is 0. The summed E-state index contributed by atoms with van der Waals surface area (Å²) in [5, 5.41) is 10.3. The van der Waals surface area contributed by atoms with E-state index in [1.165, 1.54) is 51.4 Å². The Morgan fingerprint density at radius 2 is 1.53 bits per heavy atom. The van der Waals surface area contributed by atoms with Crippen LogP contribution in [0.5, 0.6) is 0 Å². The topological polar surface area (TPSA) is 23.8 Å². The summed E-state index contributed by atoms with van der Waals surface area (Å²) >= 11 is 2.03. The zero-order valence-electron chi connectivity index (χ0n) is 9.50. The van der Waals surface area contributed by atoms with Crippen LogP contribution in [0.4, 0.5) is 0 Å². The van der Waals surface area contributed by atoms with Crippen molar-refractivity contribution in [1.29, 1.82) is 5.26 Å². The molecule has 0 aromatic rings. The SMILES string of the molecule is N#CC1(SC2CCCC2)CCCCCC1. The van der Waals surface area contributed by atoms with E-state index in [0.29, 0.717) is 0 Å². The number of rotatable bonds is 2. The summed E-state index contributed by atoms with van der Waals surface area (Å²) in [6, 6.07) is 2.65. The van der Waals surface area contributed by atoms with E-state index in [0.717, 1.165) is 18.1 Å². The van der Waals surface area contributed by atoms with E-state index in [9.17, 15) is 5.26 Å². The van der Waals surface area contributed by atoms with Crippen LogP contribution in [0, 0.1) is 11.3 Å². The first-order chi connectivity index (χ1) is 7.35. The molecule has 2 heteroatoms. The molecule has 2 aliphatic carbocycles. The van der Waals surface area contributed by atoms with Crippen LogP contribution >= 0.6 is 11.8 Å². The highest BCUT2D eigenvalue weighted by atomic mass is 32.2. The number of hydrogen-bond donors (Lipinski definition) is 0. The van der Waals surface area contributed by atoms with Crippen LogP contribution in [0.2, 0.25) is 0 Å². The Hall–Kier alpha value is -0.160. The molecular formula is C13H21NS. The molecule has 2 fully saturated rings. The second-order valence-electron chi connectivity index (χ2n) is 5.04. The summed E-state index contributed by atoms with van der Waals surface area (Å²) in [5.74, 6) is 0. The lowest BCUT2D eigenvalue weighted by molar-refractivity contribution is 0.614. The van der Waals surface area contributed by atoms with Crippen molar-refractivity contribution in [2.45, 2.75) is 74.2 Å². The first kappa shape index (κ1) is 11.3. The lowest BCUT2D eigenvalue weighted by atomic mass is 10.0. The molecule has 0 amide bonds. The molecule has 2 rings (SSSR count). The molecular weight excluding hydrogens is 202 g/mol. The number of nitrogens with zero attached hydrogens (tertiary/aromatic N) is 1. The fourth-order valence-electron chi connectivity index (χ4n) is 2.88. The molecule has 0 N–H and O–H groups in total. The first-order valence-electron chi connectivity index (χ1n) is 6.44. The average molecular weight is 223 g/mol. The third-order valence-corrected chi connectivity index (χ3v) is 5.56. The van der Waals surface area contributed by atoms with Crippen LogP contribution in [0.1, 0.15) is 64.2 Å². The maximum atomic E-state index is 9.46. The van der Waals surface area contributed by atoms with Gasteiger partial charge in [0.25, 0.3) is 0 Å². The van der Waals surface area contributed by atoms with Crippen molar-refractivity contribution in [2.24, 2.45) is 0 Å². The minimum absolute atomic E-state index is 0.00843. The predicted molar refractivity (Wildman–Crippen MR) is 65.9 cm³/mol. The largest absolute Gasteiger partial charge is 0.197 e. The van der Waals surface area contributed by atoms with Gasteiger partial charge in [0.1, 0.15) is 4.75 Å². The third-order valence-electron chi connectivity index (χ3n) is 3.81. The highest BCUT2D eigenvalue weighted by Crippen LogP contribution is 2.44. The molecule has 1 nitrogen and oxygen atoms in total. The van der Waals surface area contributed by atoms with Crippen molar-refractivity contribution >= 4 is 11.8 Å². The Morgan fingerprint density at radius 3 is 2.07 bits per heavy atom. The Balaban J connectivity index is 1.96. The van der Waals surface area contributed by atoms with Crippen LogP contribution in [0.3, 0.4) is 0 Å². The monoisotopic (exact) mass is 223 g/mol. The van der Waals surface area contributed by atoms with Gasteiger partial charge >= 0.3 is 0 Å². The molecule has 2 aliphatic rings. The van der Waals surface area contributed by atoms with Gasteiger partial charge in [-0.15, -0.1) is 11.8 Å². The minimum atomic E-state index is -0.00843.